The number of nitrogens with zero attached hydrogens (tertiary/aromatic N) is 5. The molecule has 0 aliphatic rings. The number of hydrazone groups is 1. The number of carbonyl (C=O) groups is 1. The Balaban J connectivity index is 0.000000269. The Bertz CT molecular complexity index is 1200. The molecule has 12 nitrogen and oxygen atoms in total. The van der Waals surface area contributed by atoms with Gasteiger partial charge in [0.1, 0.15) is 9.98 Å². The van der Waals surface area contributed by atoms with Crippen molar-refractivity contribution >= 4 is 62.6 Å². The fraction of sp³-hybridized carbons (Fsp3) is 0.350. The van der Waals surface area contributed by atoms with Crippen molar-refractivity contribution in [1.82, 2.24) is 25.9 Å². The molecule has 3 rings (SSSR count). The van der Waals surface area contributed by atoms with E-state index in [2.05, 4.69) is 42.4 Å². The third-order valence-corrected chi connectivity index (χ3v) is 7.28. The lowest BCUT2D eigenvalue weighted by molar-refractivity contribution is -0.485. The monoisotopic (exact) mass is 569 g/mol. The van der Waals surface area contributed by atoms with E-state index < -0.39 is 11.1 Å². The van der Waals surface area contributed by atoms with Gasteiger partial charge in [0.05, 0.1) is 18.3 Å². The first-order valence-corrected chi connectivity index (χ1v) is 13.4. The number of rotatable bonds is 9. The van der Waals surface area contributed by atoms with Crippen LogP contribution in [0.2, 0.25) is 4.47 Å². The molecule has 16 heteroatoms. The highest BCUT2D eigenvalue weighted by molar-refractivity contribution is 7.17. The van der Waals surface area contributed by atoms with E-state index in [1.807, 2.05) is 31.4 Å². The standard InChI is InChI=1S/C14H16N4OS2.C6H8ClN5O2S/c1-3-9-12(21-14(18-9)16-4-2)13(19)17-10(8-15)11-6-5-7-20-11;1-8-6(11-12(13)14)10-3-4-2-9-5(7)15-4/h5-7,10H,3-4H2,1-2H3,(H,16,18)(H,17,19);2H,3H2,1H3,(H2,8,10,11). The number of anilines is 1. The summed E-state index contributed by atoms with van der Waals surface area (Å²) in [5.74, 6) is -0.155. The van der Waals surface area contributed by atoms with Crippen LogP contribution < -0.4 is 21.3 Å². The van der Waals surface area contributed by atoms with Gasteiger partial charge in [0, 0.05) is 29.5 Å². The van der Waals surface area contributed by atoms with Gasteiger partial charge >= 0.3 is 0 Å². The van der Waals surface area contributed by atoms with Gasteiger partial charge < -0.3 is 21.3 Å². The minimum absolute atomic E-state index is 0.0875. The van der Waals surface area contributed by atoms with Crippen molar-refractivity contribution < 1.29 is 9.83 Å². The maximum Gasteiger partial charge on any atom is 0.268 e. The highest BCUT2D eigenvalue weighted by Gasteiger charge is 2.21. The van der Waals surface area contributed by atoms with Crippen molar-refractivity contribution in [3.63, 3.8) is 0 Å². The largest absolute Gasteiger partial charge is 0.362 e. The first-order chi connectivity index (χ1) is 17.3. The van der Waals surface area contributed by atoms with E-state index in [4.69, 9.17) is 11.6 Å². The third-order valence-electron chi connectivity index (χ3n) is 4.17. The minimum Gasteiger partial charge on any atom is -0.362 e. The van der Waals surface area contributed by atoms with Crippen LogP contribution in [0.25, 0.3) is 0 Å². The number of nitrogens with one attached hydrogen (secondary N) is 4. The Kier molecular flexibility index (Phi) is 12.0. The summed E-state index contributed by atoms with van der Waals surface area (Å²) in [5, 5.41) is 35.4. The molecule has 1 amide bonds. The predicted molar refractivity (Wildman–Crippen MR) is 143 cm³/mol. The number of nitriles is 1. The number of guanidine groups is 1. The van der Waals surface area contributed by atoms with Crippen molar-refractivity contribution in [3.05, 3.63) is 58.6 Å². The number of aromatic nitrogens is 2. The van der Waals surface area contributed by atoms with Gasteiger partial charge in [0.25, 0.3) is 11.9 Å². The summed E-state index contributed by atoms with van der Waals surface area (Å²) in [6, 6.07) is 5.21. The summed E-state index contributed by atoms with van der Waals surface area (Å²) in [6.45, 7) is 5.09. The lowest BCUT2D eigenvalue weighted by Crippen LogP contribution is -2.34. The first kappa shape index (κ1) is 28.9. The van der Waals surface area contributed by atoms with Crippen molar-refractivity contribution in [2.24, 2.45) is 5.10 Å². The molecule has 3 aromatic rings. The van der Waals surface area contributed by atoms with Gasteiger partial charge in [-0.15, -0.1) is 22.7 Å². The number of thiazole rings is 2. The van der Waals surface area contributed by atoms with E-state index in [1.165, 1.54) is 41.1 Å². The van der Waals surface area contributed by atoms with Crippen LogP contribution in [0.15, 0.2) is 28.8 Å². The molecule has 192 valence electrons. The van der Waals surface area contributed by atoms with Crippen LogP contribution in [-0.4, -0.2) is 40.5 Å². The van der Waals surface area contributed by atoms with Gasteiger partial charge in [-0.2, -0.15) is 5.26 Å². The predicted octanol–water partition coefficient (Wildman–Crippen LogP) is 3.85. The maximum atomic E-state index is 12.4. The van der Waals surface area contributed by atoms with Crippen LogP contribution in [0.5, 0.6) is 0 Å². The molecule has 0 fully saturated rings. The molecular weight excluding hydrogens is 546 g/mol. The molecule has 1 unspecified atom stereocenters. The average Bonchev–Trinajstić information content (AvgIpc) is 3.62. The van der Waals surface area contributed by atoms with E-state index in [9.17, 15) is 20.2 Å². The molecule has 1 atom stereocenters. The molecule has 0 saturated heterocycles. The zero-order valence-electron chi connectivity index (χ0n) is 19.6. The lowest BCUT2D eigenvalue weighted by atomic mass is 10.2. The Hall–Kier alpha value is -3.32. The Morgan fingerprint density at radius 3 is 2.69 bits per heavy atom. The number of nitro groups is 1. The number of hydrogen-bond donors (Lipinski definition) is 4. The molecule has 3 aromatic heterocycles. The molecule has 0 bridgehead atoms. The second kappa shape index (κ2) is 14.9. The third kappa shape index (κ3) is 9.04. The number of halogens is 1. The number of amides is 1. The molecule has 3 heterocycles. The number of aryl methyl sites for hydroxylation is 1. The van der Waals surface area contributed by atoms with Gasteiger partial charge in [-0.3, -0.25) is 4.79 Å². The summed E-state index contributed by atoms with van der Waals surface area (Å²) < 4.78 is 0.434. The topological polar surface area (TPSA) is 170 Å². The highest BCUT2D eigenvalue weighted by Crippen LogP contribution is 2.25. The van der Waals surface area contributed by atoms with Gasteiger partial charge in [-0.25, -0.2) is 20.1 Å². The van der Waals surface area contributed by atoms with Crippen LogP contribution in [-0.2, 0) is 13.0 Å². The molecule has 4 N–H and O–H groups in total. The smallest absolute Gasteiger partial charge is 0.268 e. The van der Waals surface area contributed by atoms with E-state index in [0.29, 0.717) is 22.3 Å². The van der Waals surface area contributed by atoms with Crippen LogP contribution in [0.3, 0.4) is 0 Å². The van der Waals surface area contributed by atoms with Crippen molar-refractivity contribution in [2.75, 3.05) is 18.9 Å². The molecule has 0 aliphatic heterocycles. The van der Waals surface area contributed by atoms with E-state index in [0.717, 1.165) is 27.1 Å². The second-order valence-corrected chi connectivity index (χ2v) is 10.3. The molecule has 0 radical (unpaired) electrons. The summed E-state index contributed by atoms with van der Waals surface area (Å²) in [5.41, 5.74) is 0.760. The number of carbonyl (C=O) groups excluding carboxylic acids is 1. The molecule has 36 heavy (non-hydrogen) atoms. The van der Waals surface area contributed by atoms with Gasteiger partial charge in [-0.1, -0.05) is 35.9 Å². The summed E-state index contributed by atoms with van der Waals surface area (Å²) in [6.07, 6.45) is 2.28. The fourth-order valence-electron chi connectivity index (χ4n) is 2.61. The summed E-state index contributed by atoms with van der Waals surface area (Å²) in [7, 11) is 1.54. The average molecular weight is 570 g/mol. The fourth-order valence-corrected chi connectivity index (χ4v) is 5.27. The second-order valence-electron chi connectivity index (χ2n) is 6.60. The van der Waals surface area contributed by atoms with E-state index in [1.54, 1.807) is 6.20 Å². The molecule has 0 spiro atoms. The molecule has 0 saturated carbocycles. The Morgan fingerprint density at radius 2 is 2.17 bits per heavy atom. The SMILES string of the molecule is CCNc1nc(CC)c(C(=O)NC(C#N)c2cccs2)s1.CN/C(=N\[N+](=O)[O-])NCc1cnc(Cl)s1. The van der Waals surface area contributed by atoms with Crippen LogP contribution in [0.1, 0.15) is 45.0 Å². The summed E-state index contributed by atoms with van der Waals surface area (Å²) >= 11 is 9.70. The first-order valence-electron chi connectivity index (χ1n) is 10.5. The van der Waals surface area contributed by atoms with Gasteiger partial charge in [0.2, 0.25) is 0 Å². The van der Waals surface area contributed by atoms with Gasteiger partial charge in [-0.05, 0) is 24.8 Å². The highest BCUT2D eigenvalue weighted by atomic mass is 35.5. The van der Waals surface area contributed by atoms with Crippen molar-refractivity contribution in [3.8, 4) is 6.07 Å². The Labute approximate surface area is 224 Å². The molecular formula is C20H24ClN9O3S3. The van der Waals surface area contributed by atoms with Crippen LogP contribution >= 0.6 is 45.6 Å². The van der Waals surface area contributed by atoms with E-state index >= 15 is 0 Å². The molecule has 0 aliphatic carbocycles. The number of hydrogen-bond acceptors (Lipinski definition) is 10. The van der Waals surface area contributed by atoms with Crippen molar-refractivity contribution in [1.29, 1.82) is 5.26 Å². The molecule has 0 aromatic carbocycles. The normalized spacial score (nSPS) is 11.5. The zero-order valence-corrected chi connectivity index (χ0v) is 22.8. The zero-order chi connectivity index (χ0) is 26.5. The minimum atomic E-state index is -0.779. The maximum absolute atomic E-state index is 12.4. The number of thiophene rings is 1. The van der Waals surface area contributed by atoms with Crippen molar-refractivity contribution in [2.45, 2.75) is 32.9 Å². The lowest BCUT2D eigenvalue weighted by Gasteiger charge is -2.09. The summed E-state index contributed by atoms with van der Waals surface area (Å²) in [4.78, 5) is 33.0. The van der Waals surface area contributed by atoms with Gasteiger partial charge in [0.15, 0.2) is 20.7 Å². The van der Waals surface area contributed by atoms with Crippen LogP contribution in [0.4, 0.5) is 5.13 Å². The van der Waals surface area contributed by atoms with Crippen LogP contribution in [0, 0.1) is 21.4 Å². The van der Waals surface area contributed by atoms with E-state index in [-0.39, 0.29) is 11.9 Å². The Morgan fingerprint density at radius 1 is 1.39 bits per heavy atom. The quantitative estimate of drug-likeness (QED) is 0.129.